The molecule has 1 atom stereocenters. The van der Waals surface area contributed by atoms with Gasteiger partial charge in [0.1, 0.15) is 11.6 Å². The van der Waals surface area contributed by atoms with E-state index >= 15 is 0 Å². The van der Waals surface area contributed by atoms with Gasteiger partial charge in [-0.3, -0.25) is 9.20 Å². The van der Waals surface area contributed by atoms with Crippen molar-refractivity contribution in [3.05, 3.63) is 58.7 Å². The van der Waals surface area contributed by atoms with E-state index in [9.17, 15) is 18.0 Å². The number of fused-ring (bicyclic) bond motifs is 1. The van der Waals surface area contributed by atoms with Crippen LogP contribution in [0, 0.1) is 6.92 Å². The van der Waals surface area contributed by atoms with Gasteiger partial charge in [0.2, 0.25) is 11.8 Å². The van der Waals surface area contributed by atoms with Crippen LogP contribution in [0.3, 0.4) is 0 Å². The number of nitrogens with zero attached hydrogens (tertiary/aromatic N) is 5. The zero-order chi connectivity index (χ0) is 23.2. The van der Waals surface area contributed by atoms with Crippen LogP contribution in [-0.4, -0.2) is 43.5 Å². The van der Waals surface area contributed by atoms with E-state index in [4.69, 9.17) is 4.42 Å². The Morgan fingerprint density at radius 2 is 2.12 bits per heavy atom. The summed E-state index contributed by atoms with van der Waals surface area (Å²) in [5, 5.41) is 10.1. The number of thiophene rings is 1. The lowest BCUT2D eigenvalue weighted by molar-refractivity contribution is -0.137. The van der Waals surface area contributed by atoms with E-state index in [0.29, 0.717) is 48.3 Å². The highest BCUT2D eigenvalue weighted by Crippen LogP contribution is 2.32. The molecule has 0 aromatic carbocycles. The van der Waals surface area contributed by atoms with Gasteiger partial charge in [-0.15, -0.1) is 21.5 Å². The number of pyridine rings is 1. The number of alkyl halides is 3. The summed E-state index contributed by atoms with van der Waals surface area (Å²) in [6.45, 7) is 2.73. The molecular formula is C22H20F3N5O2S. The van der Waals surface area contributed by atoms with Gasteiger partial charge in [-0.05, 0) is 43.3 Å². The number of hydrogen-bond donors (Lipinski definition) is 0. The predicted molar refractivity (Wildman–Crippen MR) is 115 cm³/mol. The van der Waals surface area contributed by atoms with Crippen molar-refractivity contribution in [3.63, 3.8) is 0 Å². The number of hydrogen-bond acceptors (Lipinski definition) is 6. The first-order chi connectivity index (χ1) is 15.8. The summed E-state index contributed by atoms with van der Waals surface area (Å²) in [5.41, 5.74) is 0.178. The summed E-state index contributed by atoms with van der Waals surface area (Å²) in [7, 11) is 0. The molecular weight excluding hydrogens is 455 g/mol. The van der Waals surface area contributed by atoms with Crippen LogP contribution in [0.1, 0.15) is 41.6 Å². The summed E-state index contributed by atoms with van der Waals surface area (Å²) < 4.78 is 46.6. The number of carbonyl (C=O) groups excluding carboxylic acids is 1. The number of halogens is 3. The second kappa shape index (κ2) is 8.29. The Bertz CT molecular complexity index is 1300. The van der Waals surface area contributed by atoms with E-state index in [1.165, 1.54) is 21.8 Å². The largest absolute Gasteiger partial charge is 0.440 e. The van der Waals surface area contributed by atoms with E-state index in [1.807, 2.05) is 17.5 Å². The predicted octanol–water partition coefficient (Wildman–Crippen LogP) is 4.72. The molecule has 33 heavy (non-hydrogen) atoms. The van der Waals surface area contributed by atoms with Crippen molar-refractivity contribution in [2.75, 3.05) is 13.1 Å². The van der Waals surface area contributed by atoms with Crippen molar-refractivity contribution in [3.8, 4) is 10.8 Å². The minimum atomic E-state index is -4.46. The van der Waals surface area contributed by atoms with Gasteiger partial charge < -0.3 is 9.32 Å². The molecule has 0 saturated carbocycles. The number of rotatable bonds is 4. The maximum atomic E-state index is 13.2. The van der Waals surface area contributed by atoms with Crippen LogP contribution in [0.4, 0.5) is 13.2 Å². The summed E-state index contributed by atoms with van der Waals surface area (Å²) >= 11 is 1.51. The number of aryl methyl sites for hydroxylation is 1. The van der Waals surface area contributed by atoms with Crippen molar-refractivity contribution in [1.82, 2.24) is 24.5 Å². The number of aromatic nitrogens is 4. The van der Waals surface area contributed by atoms with Gasteiger partial charge in [-0.1, -0.05) is 6.07 Å². The lowest BCUT2D eigenvalue weighted by Crippen LogP contribution is -2.40. The van der Waals surface area contributed by atoms with Gasteiger partial charge >= 0.3 is 6.18 Å². The van der Waals surface area contributed by atoms with Gasteiger partial charge in [0.25, 0.3) is 0 Å². The highest BCUT2D eigenvalue weighted by Gasteiger charge is 2.33. The normalized spacial score (nSPS) is 17.1. The molecule has 1 aliphatic heterocycles. The van der Waals surface area contributed by atoms with Gasteiger partial charge in [0.05, 0.1) is 22.6 Å². The van der Waals surface area contributed by atoms with Gasteiger partial charge in [0.15, 0.2) is 5.65 Å². The first-order valence-electron chi connectivity index (χ1n) is 10.5. The van der Waals surface area contributed by atoms with Crippen molar-refractivity contribution < 1.29 is 22.4 Å². The third-order valence-electron chi connectivity index (χ3n) is 5.84. The first-order valence-corrected chi connectivity index (χ1v) is 11.4. The first kappa shape index (κ1) is 21.6. The molecule has 0 aliphatic carbocycles. The third kappa shape index (κ3) is 4.24. The Morgan fingerprint density at radius 3 is 2.88 bits per heavy atom. The Labute approximate surface area is 190 Å². The van der Waals surface area contributed by atoms with Crippen LogP contribution < -0.4 is 0 Å². The molecule has 1 aliphatic rings. The average molecular weight is 475 g/mol. The van der Waals surface area contributed by atoms with Crippen molar-refractivity contribution in [1.29, 1.82) is 0 Å². The van der Waals surface area contributed by atoms with E-state index in [0.717, 1.165) is 23.6 Å². The summed E-state index contributed by atoms with van der Waals surface area (Å²) in [6, 6.07) is 6.12. The van der Waals surface area contributed by atoms with Gasteiger partial charge in [-0.2, -0.15) is 13.2 Å². The second-order valence-corrected chi connectivity index (χ2v) is 9.00. The second-order valence-electron chi connectivity index (χ2n) is 8.06. The molecule has 11 heteroatoms. The molecule has 1 saturated heterocycles. The topological polar surface area (TPSA) is 76.5 Å². The highest BCUT2D eigenvalue weighted by molar-refractivity contribution is 7.13. The quantitative estimate of drug-likeness (QED) is 0.427. The summed E-state index contributed by atoms with van der Waals surface area (Å²) in [6.07, 6.45) is -1.89. The third-order valence-corrected chi connectivity index (χ3v) is 6.70. The molecule has 1 unspecified atom stereocenters. The summed E-state index contributed by atoms with van der Waals surface area (Å²) in [4.78, 5) is 20.1. The fourth-order valence-corrected chi connectivity index (χ4v) is 4.77. The SMILES string of the molecule is Cc1oc(-c2cccs2)nc1CC(=O)N1CCCC(c2nnc3ccc(C(F)(F)F)cn23)C1. The van der Waals surface area contributed by atoms with Crippen LogP contribution >= 0.6 is 11.3 Å². The lowest BCUT2D eigenvalue weighted by atomic mass is 9.96. The molecule has 0 N–H and O–H groups in total. The average Bonchev–Trinajstić information content (AvgIpc) is 3.53. The number of amides is 1. The van der Waals surface area contributed by atoms with E-state index in [1.54, 1.807) is 11.8 Å². The molecule has 0 spiro atoms. The molecule has 4 aromatic heterocycles. The number of oxazole rings is 1. The van der Waals surface area contributed by atoms with Gasteiger partial charge in [-0.25, -0.2) is 4.98 Å². The van der Waals surface area contributed by atoms with Gasteiger partial charge in [0, 0.05) is 25.2 Å². The summed E-state index contributed by atoms with van der Waals surface area (Å²) in [5.74, 6) is 1.23. The Hall–Kier alpha value is -3.21. The molecule has 0 radical (unpaired) electrons. The maximum absolute atomic E-state index is 13.2. The minimum absolute atomic E-state index is 0.0985. The monoisotopic (exact) mass is 475 g/mol. The Balaban J connectivity index is 1.34. The van der Waals surface area contributed by atoms with Crippen LogP contribution in [0.25, 0.3) is 16.4 Å². The van der Waals surface area contributed by atoms with Crippen LogP contribution in [0.2, 0.25) is 0 Å². The van der Waals surface area contributed by atoms with Crippen LogP contribution in [0.5, 0.6) is 0 Å². The molecule has 172 valence electrons. The number of carbonyl (C=O) groups is 1. The van der Waals surface area contributed by atoms with Crippen molar-refractivity contribution >= 4 is 22.9 Å². The number of likely N-dealkylation sites (tertiary alicyclic amines) is 1. The lowest BCUT2D eigenvalue weighted by Gasteiger charge is -2.32. The van der Waals surface area contributed by atoms with E-state index < -0.39 is 11.7 Å². The van der Waals surface area contributed by atoms with Crippen molar-refractivity contribution in [2.24, 2.45) is 0 Å². The smallest absolute Gasteiger partial charge is 0.417 e. The number of piperidine rings is 1. The standard InChI is InChI=1S/C22H20F3N5O2S/c1-13-16(26-21(32-13)17-5-3-9-33-17)10-19(31)29-8-2-4-14(11-29)20-28-27-18-7-6-15(12-30(18)20)22(23,24)25/h3,5-7,9,12,14H,2,4,8,10-11H2,1H3. The minimum Gasteiger partial charge on any atom is -0.440 e. The molecule has 1 fully saturated rings. The Morgan fingerprint density at radius 1 is 1.27 bits per heavy atom. The zero-order valence-corrected chi connectivity index (χ0v) is 18.5. The molecule has 7 nitrogen and oxygen atoms in total. The molecule has 4 aromatic rings. The Kier molecular flexibility index (Phi) is 5.43. The van der Waals surface area contributed by atoms with Crippen LogP contribution in [-0.2, 0) is 17.4 Å². The fourth-order valence-electron chi connectivity index (χ4n) is 4.12. The molecule has 5 heterocycles. The van der Waals surface area contributed by atoms with E-state index in [2.05, 4.69) is 15.2 Å². The molecule has 0 bridgehead atoms. The highest BCUT2D eigenvalue weighted by atomic mass is 32.1. The molecule has 5 rings (SSSR count). The molecule has 1 amide bonds. The van der Waals surface area contributed by atoms with Crippen LogP contribution in [0.15, 0.2) is 40.3 Å². The maximum Gasteiger partial charge on any atom is 0.417 e. The fraction of sp³-hybridized carbons (Fsp3) is 0.364. The zero-order valence-electron chi connectivity index (χ0n) is 17.7. The van der Waals surface area contributed by atoms with E-state index in [-0.39, 0.29) is 18.2 Å². The van der Waals surface area contributed by atoms with Crippen molar-refractivity contribution in [2.45, 2.75) is 38.3 Å².